The number of nitrogens with zero attached hydrogens (tertiary/aromatic N) is 3. The highest BCUT2D eigenvalue weighted by Crippen LogP contribution is 2.13. The number of hydrogen-bond acceptors (Lipinski definition) is 3. The number of carbonyl (C=O) groups is 1. The third-order valence-corrected chi connectivity index (χ3v) is 3.04. The zero-order valence-corrected chi connectivity index (χ0v) is 11.3. The van der Waals surface area contributed by atoms with E-state index in [1.807, 2.05) is 44.2 Å². The average Bonchev–Trinajstić information content (AvgIpc) is 2.92. The lowest BCUT2D eigenvalue weighted by molar-refractivity contribution is -0.117. The monoisotopic (exact) mass is 269 g/mol. The Morgan fingerprint density at radius 3 is 2.85 bits per heavy atom. The van der Waals surface area contributed by atoms with E-state index in [9.17, 15) is 4.79 Å². The van der Waals surface area contributed by atoms with Gasteiger partial charge in [0.2, 0.25) is 11.9 Å². The minimum absolute atomic E-state index is 0.157. The average molecular weight is 269 g/mol. The molecule has 0 spiro atoms. The van der Waals surface area contributed by atoms with Crippen molar-refractivity contribution in [1.29, 1.82) is 0 Å². The molecule has 6 nitrogen and oxygen atoms in total. The van der Waals surface area contributed by atoms with E-state index in [1.165, 1.54) is 0 Å². The molecule has 1 amide bonds. The molecule has 0 radical (unpaired) electrons. The number of benzene rings is 1. The predicted molar refractivity (Wildman–Crippen MR) is 76.4 cm³/mol. The Bertz CT molecular complexity index is 738. The van der Waals surface area contributed by atoms with E-state index in [2.05, 4.69) is 20.4 Å². The van der Waals surface area contributed by atoms with E-state index >= 15 is 0 Å². The highest BCUT2D eigenvalue weighted by Gasteiger charge is 2.09. The summed E-state index contributed by atoms with van der Waals surface area (Å²) in [4.78, 5) is 19.4. The first-order valence-electron chi connectivity index (χ1n) is 6.37. The molecule has 0 bridgehead atoms. The van der Waals surface area contributed by atoms with Crippen LogP contribution in [0.15, 0.2) is 30.3 Å². The summed E-state index contributed by atoms with van der Waals surface area (Å²) < 4.78 is 1.67. The van der Waals surface area contributed by atoms with Gasteiger partial charge in [-0.1, -0.05) is 12.1 Å². The Kier molecular flexibility index (Phi) is 2.98. The van der Waals surface area contributed by atoms with Crippen molar-refractivity contribution >= 4 is 22.9 Å². The van der Waals surface area contributed by atoms with E-state index in [0.29, 0.717) is 5.95 Å². The molecule has 2 heterocycles. The van der Waals surface area contributed by atoms with Gasteiger partial charge in [0.05, 0.1) is 16.7 Å². The van der Waals surface area contributed by atoms with E-state index in [1.54, 1.807) is 4.68 Å². The number of amides is 1. The van der Waals surface area contributed by atoms with Gasteiger partial charge in [-0.15, -0.1) is 0 Å². The Morgan fingerprint density at radius 2 is 2.15 bits per heavy atom. The van der Waals surface area contributed by atoms with Gasteiger partial charge in [0.15, 0.2) is 0 Å². The fraction of sp³-hybridized carbons (Fsp3) is 0.214. The first-order chi connectivity index (χ1) is 9.61. The first kappa shape index (κ1) is 12.4. The zero-order chi connectivity index (χ0) is 14.1. The maximum Gasteiger partial charge on any atom is 0.248 e. The standard InChI is InChI=1S/C14H15N5O/c1-9-7-10(2)19(18-9)8-13(20)17-14-15-11-5-3-4-6-12(11)16-14/h3-7H,8H2,1-2H3,(H2,15,16,17,20). The molecular formula is C14H15N5O. The summed E-state index contributed by atoms with van der Waals surface area (Å²) in [6, 6.07) is 9.57. The van der Waals surface area contributed by atoms with Crippen LogP contribution in [0.25, 0.3) is 11.0 Å². The predicted octanol–water partition coefficient (Wildman–Crippen LogP) is 2.01. The molecule has 0 aliphatic heterocycles. The minimum atomic E-state index is -0.157. The molecule has 0 saturated carbocycles. The lowest BCUT2D eigenvalue weighted by atomic mass is 10.3. The number of aryl methyl sites for hydroxylation is 2. The molecule has 0 aliphatic rings. The number of aromatic amines is 1. The quantitative estimate of drug-likeness (QED) is 0.763. The maximum atomic E-state index is 12.0. The van der Waals surface area contributed by atoms with Gasteiger partial charge in [-0.2, -0.15) is 5.10 Å². The van der Waals surface area contributed by atoms with Crippen molar-refractivity contribution in [3.8, 4) is 0 Å². The number of rotatable bonds is 3. The SMILES string of the molecule is Cc1cc(C)n(CC(=O)Nc2nc3ccccc3[nH]2)n1. The number of nitrogens with one attached hydrogen (secondary N) is 2. The number of para-hydroxylation sites is 2. The van der Waals surface area contributed by atoms with Gasteiger partial charge in [-0.05, 0) is 32.0 Å². The molecule has 0 fully saturated rings. The summed E-state index contributed by atoms with van der Waals surface area (Å²) in [7, 11) is 0. The Morgan fingerprint density at radius 1 is 1.35 bits per heavy atom. The van der Waals surface area contributed by atoms with Crippen LogP contribution in [0.5, 0.6) is 0 Å². The summed E-state index contributed by atoms with van der Waals surface area (Å²) >= 11 is 0. The van der Waals surface area contributed by atoms with Crippen molar-refractivity contribution in [2.24, 2.45) is 0 Å². The van der Waals surface area contributed by atoms with Crippen LogP contribution in [-0.2, 0) is 11.3 Å². The maximum absolute atomic E-state index is 12.0. The van der Waals surface area contributed by atoms with Gasteiger partial charge in [-0.25, -0.2) is 4.98 Å². The number of anilines is 1. The summed E-state index contributed by atoms with van der Waals surface area (Å²) in [5, 5.41) is 7.01. The van der Waals surface area contributed by atoms with Crippen LogP contribution in [0.1, 0.15) is 11.4 Å². The van der Waals surface area contributed by atoms with Crippen molar-refractivity contribution in [3.05, 3.63) is 41.7 Å². The topological polar surface area (TPSA) is 75.6 Å². The molecular weight excluding hydrogens is 254 g/mol. The van der Waals surface area contributed by atoms with Crippen LogP contribution in [0.4, 0.5) is 5.95 Å². The molecule has 20 heavy (non-hydrogen) atoms. The van der Waals surface area contributed by atoms with Crippen LogP contribution >= 0.6 is 0 Å². The van der Waals surface area contributed by atoms with Crippen LogP contribution in [0, 0.1) is 13.8 Å². The van der Waals surface area contributed by atoms with Crippen molar-refractivity contribution in [2.45, 2.75) is 20.4 Å². The Labute approximate surface area is 115 Å². The van der Waals surface area contributed by atoms with Crippen LogP contribution in [0.2, 0.25) is 0 Å². The van der Waals surface area contributed by atoms with E-state index < -0.39 is 0 Å². The first-order valence-corrected chi connectivity index (χ1v) is 6.37. The van der Waals surface area contributed by atoms with Crippen molar-refractivity contribution in [2.75, 3.05) is 5.32 Å². The van der Waals surface area contributed by atoms with Gasteiger partial charge < -0.3 is 4.98 Å². The lowest BCUT2D eigenvalue weighted by Gasteiger charge is -2.04. The van der Waals surface area contributed by atoms with Crippen molar-refractivity contribution < 1.29 is 4.79 Å². The van der Waals surface area contributed by atoms with Gasteiger partial charge in [-0.3, -0.25) is 14.8 Å². The highest BCUT2D eigenvalue weighted by molar-refractivity contribution is 5.90. The lowest BCUT2D eigenvalue weighted by Crippen LogP contribution is -2.20. The Hall–Kier alpha value is -2.63. The third kappa shape index (κ3) is 2.40. The fourth-order valence-corrected chi connectivity index (χ4v) is 2.15. The zero-order valence-electron chi connectivity index (χ0n) is 11.3. The second-order valence-corrected chi connectivity index (χ2v) is 4.74. The molecule has 2 N–H and O–H groups in total. The molecule has 0 unspecified atom stereocenters. The summed E-state index contributed by atoms with van der Waals surface area (Å²) in [5.74, 6) is 0.299. The fourth-order valence-electron chi connectivity index (χ4n) is 2.15. The van der Waals surface area contributed by atoms with Crippen LogP contribution < -0.4 is 5.32 Å². The van der Waals surface area contributed by atoms with Gasteiger partial charge in [0, 0.05) is 5.69 Å². The second kappa shape index (κ2) is 4.80. The number of aromatic nitrogens is 4. The molecule has 0 saturated heterocycles. The normalized spacial score (nSPS) is 10.9. The van der Waals surface area contributed by atoms with E-state index in [-0.39, 0.29) is 12.5 Å². The van der Waals surface area contributed by atoms with Gasteiger partial charge >= 0.3 is 0 Å². The molecule has 0 aliphatic carbocycles. The van der Waals surface area contributed by atoms with Crippen molar-refractivity contribution in [1.82, 2.24) is 19.7 Å². The summed E-state index contributed by atoms with van der Waals surface area (Å²) in [6.45, 7) is 4.01. The molecule has 0 atom stereocenters. The number of imidazole rings is 1. The third-order valence-electron chi connectivity index (χ3n) is 3.04. The van der Waals surface area contributed by atoms with Crippen LogP contribution in [-0.4, -0.2) is 25.7 Å². The molecule has 1 aromatic carbocycles. The molecule has 6 heteroatoms. The van der Waals surface area contributed by atoms with Gasteiger partial charge in [0.1, 0.15) is 6.54 Å². The minimum Gasteiger partial charge on any atom is -0.324 e. The van der Waals surface area contributed by atoms with Crippen molar-refractivity contribution in [3.63, 3.8) is 0 Å². The summed E-state index contributed by atoms with van der Waals surface area (Å²) in [6.07, 6.45) is 0. The number of hydrogen-bond donors (Lipinski definition) is 2. The largest absolute Gasteiger partial charge is 0.324 e. The van der Waals surface area contributed by atoms with E-state index in [0.717, 1.165) is 22.4 Å². The molecule has 2 aromatic heterocycles. The smallest absolute Gasteiger partial charge is 0.248 e. The molecule has 3 rings (SSSR count). The number of carbonyl (C=O) groups excluding carboxylic acids is 1. The Balaban J connectivity index is 1.74. The van der Waals surface area contributed by atoms with Gasteiger partial charge in [0.25, 0.3) is 0 Å². The second-order valence-electron chi connectivity index (χ2n) is 4.74. The molecule has 102 valence electrons. The number of H-pyrrole nitrogens is 1. The molecule has 3 aromatic rings. The van der Waals surface area contributed by atoms with E-state index in [4.69, 9.17) is 0 Å². The highest BCUT2D eigenvalue weighted by atomic mass is 16.2. The number of fused-ring (bicyclic) bond motifs is 1. The van der Waals surface area contributed by atoms with Crippen LogP contribution in [0.3, 0.4) is 0 Å². The summed E-state index contributed by atoms with van der Waals surface area (Å²) in [5.41, 5.74) is 3.59.